The lowest BCUT2D eigenvalue weighted by Crippen LogP contribution is -2.23. The summed E-state index contributed by atoms with van der Waals surface area (Å²) >= 11 is 5.72. The van der Waals surface area contributed by atoms with Gasteiger partial charge in [-0.15, -0.1) is 0 Å². The first-order valence-corrected chi connectivity index (χ1v) is 6.54. The molecule has 0 aliphatic rings. The number of halogens is 4. The fraction of sp³-hybridized carbons (Fsp3) is 0.200. The molecule has 2 aromatic rings. The van der Waals surface area contributed by atoms with E-state index in [4.69, 9.17) is 11.6 Å². The van der Waals surface area contributed by atoms with Gasteiger partial charge in [0.2, 0.25) is 0 Å². The predicted molar refractivity (Wildman–Crippen MR) is 73.3 cm³/mol. The molecule has 0 aliphatic heterocycles. The summed E-state index contributed by atoms with van der Waals surface area (Å²) in [6.45, 7) is 2.40. The molecule has 0 heterocycles. The summed E-state index contributed by atoms with van der Waals surface area (Å²) < 4.78 is 40.3. The summed E-state index contributed by atoms with van der Waals surface area (Å²) in [5, 5.41) is 3.33. The first kappa shape index (κ1) is 14.9. The number of hydrogen-bond donors (Lipinski definition) is 1. The van der Waals surface area contributed by atoms with Crippen molar-refractivity contribution in [3.63, 3.8) is 0 Å². The SMILES string of the molecule is CCNC(c1ccc(F)c(F)c1)c1ccc(Cl)cc1F. The molecule has 2 rings (SSSR count). The summed E-state index contributed by atoms with van der Waals surface area (Å²) in [6.07, 6.45) is 0. The van der Waals surface area contributed by atoms with Gasteiger partial charge in [0, 0.05) is 10.6 Å². The number of benzene rings is 2. The van der Waals surface area contributed by atoms with Crippen molar-refractivity contribution in [2.24, 2.45) is 0 Å². The Labute approximate surface area is 120 Å². The lowest BCUT2D eigenvalue weighted by atomic mass is 9.98. The fourth-order valence-corrected chi connectivity index (χ4v) is 2.20. The lowest BCUT2D eigenvalue weighted by Gasteiger charge is -2.20. The van der Waals surface area contributed by atoms with Crippen molar-refractivity contribution >= 4 is 11.6 Å². The summed E-state index contributed by atoms with van der Waals surface area (Å²) in [7, 11) is 0. The van der Waals surface area contributed by atoms with Crippen molar-refractivity contribution in [2.45, 2.75) is 13.0 Å². The molecule has 5 heteroatoms. The summed E-state index contributed by atoms with van der Waals surface area (Å²) in [5.74, 6) is -2.38. The monoisotopic (exact) mass is 299 g/mol. The van der Waals surface area contributed by atoms with Gasteiger partial charge in [-0.05, 0) is 36.4 Å². The van der Waals surface area contributed by atoms with E-state index in [0.717, 1.165) is 12.1 Å². The molecular formula is C15H13ClF3N. The average molecular weight is 300 g/mol. The van der Waals surface area contributed by atoms with Gasteiger partial charge in [0.1, 0.15) is 5.82 Å². The second-order valence-electron chi connectivity index (χ2n) is 4.33. The zero-order chi connectivity index (χ0) is 14.7. The van der Waals surface area contributed by atoms with Crippen LogP contribution < -0.4 is 5.32 Å². The van der Waals surface area contributed by atoms with Crippen LogP contribution in [0.3, 0.4) is 0 Å². The van der Waals surface area contributed by atoms with Gasteiger partial charge < -0.3 is 5.32 Å². The van der Waals surface area contributed by atoms with Crippen LogP contribution in [0.4, 0.5) is 13.2 Å². The fourth-order valence-electron chi connectivity index (χ4n) is 2.04. The van der Waals surface area contributed by atoms with Crippen molar-refractivity contribution in [1.29, 1.82) is 0 Å². The van der Waals surface area contributed by atoms with Crippen LogP contribution >= 0.6 is 11.6 Å². The van der Waals surface area contributed by atoms with E-state index < -0.39 is 23.5 Å². The van der Waals surface area contributed by atoms with Gasteiger partial charge in [0.25, 0.3) is 0 Å². The Balaban J connectivity index is 2.47. The minimum absolute atomic E-state index is 0.284. The Bertz CT molecular complexity index is 616. The molecule has 0 saturated carbocycles. The van der Waals surface area contributed by atoms with E-state index >= 15 is 0 Å². The summed E-state index contributed by atoms with van der Waals surface area (Å²) in [6, 6.07) is 7.25. The van der Waals surface area contributed by atoms with Gasteiger partial charge in [-0.25, -0.2) is 13.2 Å². The number of hydrogen-bond acceptors (Lipinski definition) is 1. The molecule has 0 fully saturated rings. The van der Waals surface area contributed by atoms with Crippen LogP contribution in [0.1, 0.15) is 24.1 Å². The highest BCUT2D eigenvalue weighted by Crippen LogP contribution is 2.27. The predicted octanol–water partition coefficient (Wildman–Crippen LogP) is 4.46. The lowest BCUT2D eigenvalue weighted by molar-refractivity contribution is 0.502. The Kier molecular flexibility index (Phi) is 4.68. The molecule has 0 aliphatic carbocycles. The maximum atomic E-state index is 14.0. The molecule has 1 unspecified atom stereocenters. The van der Waals surface area contributed by atoms with E-state index in [9.17, 15) is 13.2 Å². The average Bonchev–Trinajstić information content (AvgIpc) is 2.40. The maximum absolute atomic E-state index is 14.0. The maximum Gasteiger partial charge on any atom is 0.159 e. The van der Waals surface area contributed by atoms with Gasteiger partial charge in [-0.3, -0.25) is 0 Å². The molecule has 1 N–H and O–H groups in total. The third kappa shape index (κ3) is 3.14. The largest absolute Gasteiger partial charge is 0.306 e. The summed E-state index contributed by atoms with van der Waals surface area (Å²) in [4.78, 5) is 0. The first-order chi connectivity index (χ1) is 9.52. The van der Waals surface area contributed by atoms with E-state index in [1.807, 2.05) is 6.92 Å². The van der Waals surface area contributed by atoms with Crippen LogP contribution in [-0.4, -0.2) is 6.54 Å². The Morgan fingerprint density at radius 3 is 2.35 bits per heavy atom. The van der Waals surface area contributed by atoms with Crippen LogP contribution in [0.15, 0.2) is 36.4 Å². The van der Waals surface area contributed by atoms with Crippen molar-refractivity contribution in [2.75, 3.05) is 6.54 Å². The third-order valence-corrected chi connectivity index (χ3v) is 3.19. The van der Waals surface area contributed by atoms with Gasteiger partial charge in [-0.1, -0.05) is 30.7 Å². The first-order valence-electron chi connectivity index (χ1n) is 6.16. The highest BCUT2D eigenvalue weighted by Gasteiger charge is 2.18. The smallest absolute Gasteiger partial charge is 0.159 e. The van der Waals surface area contributed by atoms with Gasteiger partial charge >= 0.3 is 0 Å². The summed E-state index contributed by atoms with van der Waals surface area (Å²) in [5.41, 5.74) is 0.786. The van der Waals surface area contributed by atoms with Gasteiger partial charge in [0.15, 0.2) is 11.6 Å². The normalized spacial score (nSPS) is 12.4. The highest BCUT2D eigenvalue weighted by molar-refractivity contribution is 6.30. The minimum Gasteiger partial charge on any atom is -0.306 e. The molecule has 0 saturated heterocycles. The zero-order valence-corrected chi connectivity index (χ0v) is 11.5. The molecular weight excluding hydrogens is 287 g/mol. The van der Waals surface area contributed by atoms with Crippen LogP contribution in [0.2, 0.25) is 5.02 Å². The second kappa shape index (κ2) is 6.29. The van der Waals surface area contributed by atoms with Gasteiger partial charge in [-0.2, -0.15) is 0 Å². The van der Waals surface area contributed by atoms with Crippen molar-refractivity contribution in [3.8, 4) is 0 Å². The van der Waals surface area contributed by atoms with Crippen molar-refractivity contribution < 1.29 is 13.2 Å². The van der Waals surface area contributed by atoms with Crippen LogP contribution in [0.5, 0.6) is 0 Å². The van der Waals surface area contributed by atoms with Crippen molar-refractivity contribution in [1.82, 2.24) is 5.32 Å². The standard InChI is InChI=1S/C15H13ClF3N/c1-2-20-15(9-3-6-12(17)14(19)7-9)11-5-4-10(16)8-13(11)18/h3-8,15,20H,2H2,1H3. The minimum atomic E-state index is -0.959. The van der Waals surface area contributed by atoms with E-state index in [1.165, 1.54) is 18.2 Å². The second-order valence-corrected chi connectivity index (χ2v) is 4.77. The van der Waals surface area contributed by atoms with Crippen LogP contribution in [0, 0.1) is 17.5 Å². The van der Waals surface area contributed by atoms with Crippen molar-refractivity contribution in [3.05, 3.63) is 70.0 Å². The van der Waals surface area contributed by atoms with Crippen LogP contribution in [-0.2, 0) is 0 Å². The van der Waals surface area contributed by atoms with E-state index in [-0.39, 0.29) is 5.02 Å². The molecule has 0 aromatic heterocycles. The Morgan fingerprint density at radius 1 is 1.00 bits per heavy atom. The Morgan fingerprint density at radius 2 is 1.75 bits per heavy atom. The third-order valence-electron chi connectivity index (χ3n) is 2.96. The quantitative estimate of drug-likeness (QED) is 0.879. The highest BCUT2D eigenvalue weighted by atomic mass is 35.5. The molecule has 0 radical (unpaired) electrons. The molecule has 1 nitrogen and oxygen atoms in total. The molecule has 0 bridgehead atoms. The van der Waals surface area contributed by atoms with E-state index in [0.29, 0.717) is 17.7 Å². The molecule has 106 valence electrons. The topological polar surface area (TPSA) is 12.0 Å². The number of nitrogens with one attached hydrogen (secondary N) is 1. The van der Waals surface area contributed by atoms with E-state index in [2.05, 4.69) is 5.32 Å². The van der Waals surface area contributed by atoms with E-state index in [1.54, 1.807) is 6.07 Å². The Hall–Kier alpha value is -1.52. The zero-order valence-electron chi connectivity index (χ0n) is 10.8. The number of rotatable bonds is 4. The molecule has 2 aromatic carbocycles. The molecule has 0 spiro atoms. The molecule has 1 atom stereocenters. The van der Waals surface area contributed by atoms with Gasteiger partial charge in [0.05, 0.1) is 6.04 Å². The molecule has 0 amide bonds. The van der Waals surface area contributed by atoms with Crippen LogP contribution in [0.25, 0.3) is 0 Å². The molecule has 20 heavy (non-hydrogen) atoms.